The molecule has 0 saturated carbocycles. The fraction of sp³-hybridized carbons (Fsp3) is 0.235. The van der Waals surface area contributed by atoms with Gasteiger partial charge >= 0.3 is 0 Å². The molecule has 2 N–H and O–H groups in total. The second kappa shape index (κ2) is 4.78. The van der Waals surface area contributed by atoms with Gasteiger partial charge in [0.1, 0.15) is 5.75 Å². The van der Waals surface area contributed by atoms with Crippen molar-refractivity contribution in [3.05, 3.63) is 58.1 Å². The number of ether oxygens (including phenoxy) is 1. The van der Waals surface area contributed by atoms with E-state index in [-0.39, 0.29) is 11.2 Å². The fourth-order valence-electron chi connectivity index (χ4n) is 2.54. The molecule has 0 aromatic heterocycles. The number of hydrogen-bond acceptors (Lipinski definition) is 3. The molecule has 2 aromatic carbocycles. The van der Waals surface area contributed by atoms with Gasteiger partial charge in [-0.15, -0.1) is 0 Å². The summed E-state index contributed by atoms with van der Waals surface area (Å²) in [5.74, 6) is 0.719. The lowest BCUT2D eigenvalue weighted by molar-refractivity contribution is 0.103. The van der Waals surface area contributed by atoms with Crippen molar-refractivity contribution in [2.45, 2.75) is 19.3 Å². The summed E-state index contributed by atoms with van der Waals surface area (Å²) in [7, 11) is 0. The topological polar surface area (TPSA) is 52.3 Å². The first-order valence-electron chi connectivity index (χ1n) is 6.75. The molecule has 21 heavy (non-hydrogen) atoms. The largest absolute Gasteiger partial charge is 0.492 e. The second-order valence-corrected chi connectivity index (χ2v) is 6.38. The average molecular weight is 302 g/mol. The Morgan fingerprint density at radius 2 is 2.00 bits per heavy atom. The minimum absolute atomic E-state index is 0.0918. The molecule has 3 rings (SSSR count). The minimum Gasteiger partial charge on any atom is -0.492 e. The van der Waals surface area contributed by atoms with Gasteiger partial charge in [-0.2, -0.15) is 0 Å². The molecular formula is C17H16ClNO2. The zero-order chi connectivity index (χ0) is 15.2. The number of anilines is 1. The van der Waals surface area contributed by atoms with Crippen LogP contribution in [0.2, 0.25) is 5.02 Å². The predicted octanol–water partition coefficient (Wildman–Crippen LogP) is 3.82. The molecule has 0 unspecified atom stereocenters. The number of nitrogens with two attached hydrogens (primary N) is 1. The third kappa shape index (κ3) is 2.38. The highest BCUT2D eigenvalue weighted by molar-refractivity contribution is 6.31. The smallest absolute Gasteiger partial charge is 0.195 e. The van der Waals surface area contributed by atoms with Gasteiger partial charge in [0, 0.05) is 32.8 Å². The van der Waals surface area contributed by atoms with Crippen LogP contribution in [0.25, 0.3) is 0 Å². The van der Waals surface area contributed by atoms with Crippen LogP contribution >= 0.6 is 11.6 Å². The summed E-state index contributed by atoms with van der Waals surface area (Å²) in [5.41, 5.74) is 8.31. The maximum Gasteiger partial charge on any atom is 0.195 e. The van der Waals surface area contributed by atoms with Crippen molar-refractivity contribution >= 4 is 23.1 Å². The monoisotopic (exact) mass is 301 g/mol. The molecule has 1 aliphatic heterocycles. The van der Waals surface area contributed by atoms with Crippen molar-refractivity contribution in [1.29, 1.82) is 0 Å². The van der Waals surface area contributed by atoms with Gasteiger partial charge in [0.15, 0.2) is 5.78 Å². The third-order valence-corrected chi connectivity index (χ3v) is 4.05. The molecule has 4 heteroatoms. The van der Waals surface area contributed by atoms with Crippen LogP contribution in [0.3, 0.4) is 0 Å². The van der Waals surface area contributed by atoms with Gasteiger partial charge in [-0.3, -0.25) is 4.79 Å². The average Bonchev–Trinajstić information content (AvgIpc) is 2.76. The number of carbonyl (C=O) groups excluding carboxylic acids is 1. The Bertz CT molecular complexity index is 738. The Morgan fingerprint density at radius 1 is 1.24 bits per heavy atom. The summed E-state index contributed by atoms with van der Waals surface area (Å²) in [5, 5.41) is 0.498. The van der Waals surface area contributed by atoms with Crippen molar-refractivity contribution in [2.75, 3.05) is 12.3 Å². The number of halogens is 1. The molecule has 0 atom stereocenters. The number of hydrogen-bond donors (Lipinski definition) is 1. The van der Waals surface area contributed by atoms with Gasteiger partial charge in [0.2, 0.25) is 0 Å². The molecule has 0 amide bonds. The molecule has 1 heterocycles. The lowest BCUT2D eigenvalue weighted by atomic mass is 9.85. The zero-order valence-corrected chi connectivity index (χ0v) is 12.7. The van der Waals surface area contributed by atoms with E-state index in [0.717, 1.165) is 11.3 Å². The first-order valence-corrected chi connectivity index (χ1v) is 7.13. The highest BCUT2D eigenvalue weighted by Crippen LogP contribution is 2.39. The number of rotatable bonds is 2. The van der Waals surface area contributed by atoms with Crippen molar-refractivity contribution in [1.82, 2.24) is 0 Å². The van der Waals surface area contributed by atoms with Gasteiger partial charge in [-0.1, -0.05) is 25.4 Å². The van der Waals surface area contributed by atoms with Crippen LogP contribution < -0.4 is 10.5 Å². The van der Waals surface area contributed by atoms with E-state index in [4.69, 9.17) is 22.1 Å². The summed E-state index contributed by atoms with van der Waals surface area (Å²) in [6.07, 6.45) is 0. The lowest BCUT2D eigenvalue weighted by Gasteiger charge is -2.15. The summed E-state index contributed by atoms with van der Waals surface area (Å²) >= 11 is 5.96. The van der Waals surface area contributed by atoms with E-state index < -0.39 is 0 Å². The van der Waals surface area contributed by atoms with Crippen LogP contribution in [0.5, 0.6) is 5.75 Å². The zero-order valence-electron chi connectivity index (χ0n) is 11.9. The van der Waals surface area contributed by atoms with E-state index in [0.29, 0.717) is 28.4 Å². The molecule has 108 valence electrons. The summed E-state index contributed by atoms with van der Waals surface area (Å²) in [6, 6.07) is 10.4. The summed E-state index contributed by atoms with van der Waals surface area (Å²) in [4.78, 5) is 12.7. The summed E-state index contributed by atoms with van der Waals surface area (Å²) in [6.45, 7) is 4.82. The maximum atomic E-state index is 12.7. The highest BCUT2D eigenvalue weighted by atomic mass is 35.5. The Morgan fingerprint density at radius 3 is 2.76 bits per heavy atom. The van der Waals surface area contributed by atoms with E-state index in [9.17, 15) is 4.79 Å². The van der Waals surface area contributed by atoms with Gasteiger partial charge in [0.05, 0.1) is 6.61 Å². The van der Waals surface area contributed by atoms with E-state index in [1.54, 1.807) is 24.3 Å². The van der Waals surface area contributed by atoms with Crippen molar-refractivity contribution < 1.29 is 9.53 Å². The second-order valence-electron chi connectivity index (χ2n) is 5.94. The standard InChI is InChI=1S/C17H16ClNO2/c1-17(2)9-21-15-6-3-10(7-13(15)17)16(20)12-8-11(18)4-5-14(12)19/h3-8H,9,19H2,1-2H3. The van der Waals surface area contributed by atoms with Crippen LogP contribution in [-0.4, -0.2) is 12.4 Å². The molecule has 3 nitrogen and oxygen atoms in total. The Kier molecular flexibility index (Phi) is 3.18. The van der Waals surface area contributed by atoms with E-state index >= 15 is 0 Å². The molecule has 0 saturated heterocycles. The van der Waals surface area contributed by atoms with E-state index in [1.165, 1.54) is 0 Å². The molecule has 0 spiro atoms. The van der Waals surface area contributed by atoms with Crippen molar-refractivity contribution in [3.8, 4) is 5.75 Å². The van der Waals surface area contributed by atoms with Crippen LogP contribution in [-0.2, 0) is 5.41 Å². The fourth-order valence-corrected chi connectivity index (χ4v) is 2.71. The first kappa shape index (κ1) is 14.0. The van der Waals surface area contributed by atoms with Crippen molar-refractivity contribution in [2.24, 2.45) is 0 Å². The molecular weight excluding hydrogens is 286 g/mol. The van der Waals surface area contributed by atoms with Crippen LogP contribution in [0.1, 0.15) is 35.3 Å². The number of fused-ring (bicyclic) bond motifs is 1. The quantitative estimate of drug-likeness (QED) is 0.677. The SMILES string of the molecule is CC1(C)COc2ccc(C(=O)c3cc(Cl)ccc3N)cc21. The molecule has 1 aliphatic rings. The van der Waals surface area contributed by atoms with Gasteiger partial charge in [-0.05, 0) is 36.4 Å². The van der Waals surface area contributed by atoms with Crippen LogP contribution in [0.4, 0.5) is 5.69 Å². The number of carbonyl (C=O) groups is 1. The highest BCUT2D eigenvalue weighted by Gasteiger charge is 2.32. The van der Waals surface area contributed by atoms with Gasteiger partial charge in [0.25, 0.3) is 0 Å². The van der Waals surface area contributed by atoms with Gasteiger partial charge < -0.3 is 10.5 Å². The first-order chi connectivity index (χ1) is 9.88. The number of benzene rings is 2. The molecule has 0 fully saturated rings. The van der Waals surface area contributed by atoms with Gasteiger partial charge in [-0.25, -0.2) is 0 Å². The number of nitrogen functional groups attached to an aromatic ring is 1. The van der Waals surface area contributed by atoms with Crippen molar-refractivity contribution in [3.63, 3.8) is 0 Å². The minimum atomic E-state index is -0.125. The Labute approximate surface area is 128 Å². The Balaban J connectivity index is 2.06. The third-order valence-electron chi connectivity index (χ3n) is 3.82. The molecule has 0 aliphatic carbocycles. The number of ketones is 1. The normalized spacial score (nSPS) is 15.4. The molecule has 0 radical (unpaired) electrons. The van der Waals surface area contributed by atoms with E-state index in [1.807, 2.05) is 12.1 Å². The molecule has 2 aromatic rings. The van der Waals surface area contributed by atoms with Crippen LogP contribution in [0, 0.1) is 0 Å². The molecule has 0 bridgehead atoms. The Hall–Kier alpha value is -2.00. The lowest BCUT2D eigenvalue weighted by Crippen LogP contribution is -2.18. The predicted molar refractivity (Wildman–Crippen MR) is 84.3 cm³/mol. The maximum absolute atomic E-state index is 12.7. The van der Waals surface area contributed by atoms with Crippen LogP contribution in [0.15, 0.2) is 36.4 Å². The summed E-state index contributed by atoms with van der Waals surface area (Å²) < 4.78 is 5.64. The van der Waals surface area contributed by atoms with E-state index in [2.05, 4.69) is 13.8 Å².